The lowest BCUT2D eigenvalue weighted by atomic mass is 10.2. The molecule has 0 fully saturated rings. The maximum Gasteiger partial charge on any atom is 0.222 e. The van der Waals surface area contributed by atoms with E-state index < -0.39 is 23.3 Å². The van der Waals surface area contributed by atoms with Crippen LogP contribution < -0.4 is 0 Å². The molecule has 0 aliphatic heterocycles. The van der Waals surface area contributed by atoms with Crippen LogP contribution in [-0.4, -0.2) is 0 Å². The summed E-state index contributed by atoms with van der Waals surface area (Å²) in [5, 5.41) is 0. The van der Waals surface area contributed by atoms with Crippen molar-refractivity contribution < 1.29 is 17.6 Å². The van der Waals surface area contributed by atoms with Crippen molar-refractivity contribution in [3.8, 4) is 0 Å². The van der Waals surface area contributed by atoms with Gasteiger partial charge in [0.05, 0.1) is 6.57 Å². The monoisotopic (exact) mass is 407 g/mol. The lowest BCUT2D eigenvalue weighted by Gasteiger charge is -1.97. The van der Waals surface area contributed by atoms with Crippen LogP contribution in [-0.2, 0) is 0 Å². The molecule has 0 N–H and O–H groups in total. The highest BCUT2D eigenvalue weighted by atomic mass is 127. The number of aryl methyl sites for hydroxylation is 2. The summed E-state index contributed by atoms with van der Waals surface area (Å²) >= 11 is 1.82. The normalized spacial score (nSPS) is 9.62. The van der Waals surface area contributed by atoms with Gasteiger partial charge in [-0.15, -0.1) is 0 Å². The highest BCUT2D eigenvalue weighted by molar-refractivity contribution is 14.1. The fourth-order valence-electron chi connectivity index (χ4n) is 1.35. The predicted octanol–water partition coefficient (Wildman–Crippen LogP) is 5.70. The zero-order chi connectivity index (χ0) is 16.2. The molecule has 0 atom stereocenters. The molecule has 0 spiro atoms. The number of halogens is 5. The molecular formula is C15H10F4IN. The lowest BCUT2D eigenvalue weighted by Crippen LogP contribution is -1.87. The van der Waals surface area contributed by atoms with Gasteiger partial charge in [0.1, 0.15) is 23.3 Å². The molecule has 0 radical (unpaired) electrons. The Balaban J connectivity index is 0.000000211. The molecule has 0 aromatic heterocycles. The van der Waals surface area contributed by atoms with Gasteiger partial charge in [-0.05, 0) is 65.8 Å². The smallest absolute Gasteiger partial charge is 0.222 e. The topological polar surface area (TPSA) is 4.36 Å². The van der Waals surface area contributed by atoms with Crippen LogP contribution in [0.15, 0.2) is 24.3 Å². The van der Waals surface area contributed by atoms with E-state index in [0.29, 0.717) is 9.13 Å². The van der Waals surface area contributed by atoms with E-state index in [1.807, 2.05) is 22.6 Å². The van der Waals surface area contributed by atoms with Gasteiger partial charge in [-0.3, -0.25) is 0 Å². The van der Waals surface area contributed by atoms with Crippen LogP contribution in [0.25, 0.3) is 4.85 Å². The van der Waals surface area contributed by atoms with E-state index in [-0.39, 0.29) is 11.3 Å². The Morgan fingerprint density at radius 3 is 1.76 bits per heavy atom. The molecule has 0 saturated carbocycles. The minimum Gasteiger partial charge on any atom is -0.235 e. The minimum atomic E-state index is -0.803. The number of hydrogen-bond donors (Lipinski definition) is 0. The summed E-state index contributed by atoms with van der Waals surface area (Å²) in [4.78, 5) is 2.88. The maximum atomic E-state index is 12.6. The Labute approximate surface area is 133 Å². The SMILES string of the molecule is Cc1cc(I)c(F)cc1F.[C-]#[N+]c1cc(C)c(F)cc1F. The Kier molecular flexibility index (Phi) is 6.15. The molecule has 0 amide bonds. The van der Waals surface area contributed by atoms with Gasteiger partial charge >= 0.3 is 0 Å². The van der Waals surface area contributed by atoms with Gasteiger partial charge in [0.2, 0.25) is 5.69 Å². The van der Waals surface area contributed by atoms with Crippen molar-refractivity contribution in [2.75, 3.05) is 0 Å². The number of hydrogen-bond acceptors (Lipinski definition) is 0. The van der Waals surface area contributed by atoms with E-state index in [1.165, 1.54) is 19.1 Å². The van der Waals surface area contributed by atoms with Gasteiger partial charge in [0.15, 0.2) is 0 Å². The Morgan fingerprint density at radius 2 is 1.29 bits per heavy atom. The average Bonchev–Trinajstić information content (AvgIpc) is 2.41. The van der Waals surface area contributed by atoms with Crippen LogP contribution in [0, 0.1) is 47.3 Å². The van der Waals surface area contributed by atoms with Gasteiger partial charge in [-0.2, -0.15) is 0 Å². The third-order valence-electron chi connectivity index (χ3n) is 2.55. The third kappa shape index (κ3) is 4.70. The van der Waals surface area contributed by atoms with Gasteiger partial charge in [0.25, 0.3) is 0 Å². The van der Waals surface area contributed by atoms with Crippen LogP contribution in [0.1, 0.15) is 11.1 Å². The Hall–Kier alpha value is -1.62. The maximum absolute atomic E-state index is 12.6. The van der Waals surface area contributed by atoms with Gasteiger partial charge in [-0.1, -0.05) is 0 Å². The molecule has 0 saturated heterocycles. The summed E-state index contributed by atoms with van der Waals surface area (Å²) in [7, 11) is 0. The van der Waals surface area contributed by atoms with Crippen LogP contribution >= 0.6 is 22.6 Å². The van der Waals surface area contributed by atoms with Crippen LogP contribution in [0.4, 0.5) is 23.2 Å². The molecule has 0 heterocycles. The van der Waals surface area contributed by atoms with Gasteiger partial charge < -0.3 is 0 Å². The van der Waals surface area contributed by atoms with E-state index in [4.69, 9.17) is 6.57 Å². The van der Waals surface area contributed by atoms with Crippen LogP contribution in [0.5, 0.6) is 0 Å². The molecule has 2 aromatic rings. The second-order valence-electron chi connectivity index (χ2n) is 4.18. The number of nitrogens with zero attached hydrogens (tertiary/aromatic N) is 1. The summed E-state index contributed by atoms with van der Waals surface area (Å²) in [5.74, 6) is -2.40. The van der Waals surface area contributed by atoms with E-state index in [0.717, 1.165) is 12.1 Å². The first-order chi connectivity index (χ1) is 9.76. The van der Waals surface area contributed by atoms with Crippen molar-refractivity contribution in [3.63, 3.8) is 0 Å². The average molecular weight is 407 g/mol. The van der Waals surface area contributed by atoms with Crippen molar-refractivity contribution in [1.82, 2.24) is 0 Å². The van der Waals surface area contributed by atoms with Gasteiger partial charge in [0, 0.05) is 9.64 Å². The van der Waals surface area contributed by atoms with Crippen molar-refractivity contribution >= 4 is 28.3 Å². The number of benzene rings is 2. The van der Waals surface area contributed by atoms with Crippen LogP contribution in [0.2, 0.25) is 0 Å². The largest absolute Gasteiger partial charge is 0.235 e. The third-order valence-corrected chi connectivity index (χ3v) is 3.38. The van der Waals surface area contributed by atoms with E-state index in [1.54, 1.807) is 6.92 Å². The molecule has 0 bridgehead atoms. The van der Waals surface area contributed by atoms with Crippen molar-refractivity contribution in [1.29, 1.82) is 0 Å². The molecule has 2 aromatic carbocycles. The first-order valence-corrected chi connectivity index (χ1v) is 6.78. The summed E-state index contributed by atoms with van der Waals surface area (Å²) in [6, 6.07) is 4.29. The Bertz CT molecular complexity index is 658. The van der Waals surface area contributed by atoms with E-state index in [2.05, 4.69) is 4.85 Å². The van der Waals surface area contributed by atoms with Crippen molar-refractivity contribution in [2.24, 2.45) is 0 Å². The summed E-state index contributed by atoms with van der Waals surface area (Å²) < 4.78 is 50.6. The molecule has 2 rings (SSSR count). The fraction of sp³-hybridized carbons (Fsp3) is 0.133. The second-order valence-corrected chi connectivity index (χ2v) is 5.34. The molecule has 6 heteroatoms. The molecule has 110 valence electrons. The highest BCUT2D eigenvalue weighted by Gasteiger charge is 2.05. The van der Waals surface area contributed by atoms with Crippen LogP contribution in [0.3, 0.4) is 0 Å². The van der Waals surface area contributed by atoms with Crippen molar-refractivity contribution in [3.05, 3.63) is 73.6 Å². The second kappa shape index (κ2) is 7.41. The zero-order valence-electron chi connectivity index (χ0n) is 11.1. The van der Waals surface area contributed by atoms with Crippen molar-refractivity contribution in [2.45, 2.75) is 13.8 Å². The quantitative estimate of drug-likeness (QED) is 0.228. The van der Waals surface area contributed by atoms with Gasteiger partial charge in [-0.25, -0.2) is 22.4 Å². The molecule has 0 unspecified atom stereocenters. The summed E-state index contributed by atoms with van der Waals surface area (Å²) in [6.07, 6.45) is 0. The fourth-order valence-corrected chi connectivity index (χ4v) is 1.97. The zero-order valence-corrected chi connectivity index (χ0v) is 13.3. The first kappa shape index (κ1) is 17.4. The molecule has 21 heavy (non-hydrogen) atoms. The summed E-state index contributed by atoms with van der Waals surface area (Å²) in [6.45, 7) is 9.61. The first-order valence-electron chi connectivity index (χ1n) is 5.70. The lowest BCUT2D eigenvalue weighted by molar-refractivity contribution is 0.572. The predicted molar refractivity (Wildman–Crippen MR) is 81.2 cm³/mol. The minimum absolute atomic E-state index is 0.135. The highest BCUT2D eigenvalue weighted by Crippen LogP contribution is 2.21. The van der Waals surface area contributed by atoms with E-state index in [9.17, 15) is 17.6 Å². The molecule has 0 aliphatic rings. The molecule has 0 aliphatic carbocycles. The van der Waals surface area contributed by atoms with E-state index >= 15 is 0 Å². The standard InChI is InChI=1S/C8H5F2N.C7H5F2I/c1-5-3-8(11-2)7(10)4-6(5)9;1-4-2-7(10)6(9)3-5(4)8/h3-4H,1H3;2-3H,1H3. The molecular weight excluding hydrogens is 397 g/mol. The summed E-state index contributed by atoms with van der Waals surface area (Å²) in [5.41, 5.74) is 0.632. The number of rotatable bonds is 0. The Morgan fingerprint density at radius 1 is 0.810 bits per heavy atom. The molecule has 1 nitrogen and oxygen atoms in total.